The third kappa shape index (κ3) is 2.58. The number of hydrogen-bond acceptors (Lipinski definition) is 4. The molecule has 2 N–H and O–H groups in total. The van der Waals surface area contributed by atoms with Crippen molar-refractivity contribution >= 4 is 0 Å². The summed E-state index contributed by atoms with van der Waals surface area (Å²) in [5, 5.41) is 4.42. The van der Waals surface area contributed by atoms with Crippen molar-refractivity contribution in [3.05, 3.63) is 18.0 Å². The van der Waals surface area contributed by atoms with Crippen LogP contribution in [0.15, 0.2) is 12.4 Å². The number of morpholine rings is 1. The van der Waals surface area contributed by atoms with Crippen molar-refractivity contribution in [1.82, 2.24) is 14.7 Å². The maximum atomic E-state index is 5.84. The topological polar surface area (TPSA) is 56.3 Å². The zero-order chi connectivity index (χ0) is 13.1. The van der Waals surface area contributed by atoms with Gasteiger partial charge in [-0.15, -0.1) is 0 Å². The summed E-state index contributed by atoms with van der Waals surface area (Å²) in [7, 11) is 0. The third-order valence-electron chi connectivity index (χ3n) is 3.59. The number of likely N-dealkylation sites (N-methyl/N-ethyl adjacent to an activating group) is 1. The Kier molecular flexibility index (Phi) is 4.37. The molecule has 1 aliphatic heterocycles. The minimum atomic E-state index is 0.0727. The Morgan fingerprint density at radius 2 is 2.33 bits per heavy atom. The van der Waals surface area contributed by atoms with E-state index in [1.165, 1.54) is 5.56 Å². The lowest BCUT2D eigenvalue weighted by Crippen LogP contribution is -2.47. The molecule has 1 aromatic rings. The SMILES string of the molecule is CCN1CCOC(CN)C1c1cnn(C(C)C)c1. The van der Waals surface area contributed by atoms with E-state index in [4.69, 9.17) is 10.5 Å². The van der Waals surface area contributed by atoms with E-state index < -0.39 is 0 Å². The Bertz CT molecular complexity index is 365. The van der Waals surface area contributed by atoms with Crippen LogP contribution in [0, 0.1) is 0 Å². The van der Waals surface area contributed by atoms with Crippen LogP contribution < -0.4 is 5.73 Å². The smallest absolute Gasteiger partial charge is 0.0895 e. The van der Waals surface area contributed by atoms with Crippen LogP contribution in [-0.4, -0.2) is 47.0 Å². The number of ether oxygens (including phenoxy) is 1. The average Bonchev–Trinajstić information content (AvgIpc) is 2.87. The minimum Gasteiger partial charge on any atom is -0.374 e. The molecule has 0 radical (unpaired) electrons. The molecule has 1 saturated heterocycles. The van der Waals surface area contributed by atoms with E-state index in [0.717, 1.165) is 19.7 Å². The van der Waals surface area contributed by atoms with Crippen molar-refractivity contribution in [1.29, 1.82) is 0 Å². The van der Waals surface area contributed by atoms with Crippen molar-refractivity contribution in [2.75, 3.05) is 26.2 Å². The highest BCUT2D eigenvalue weighted by Crippen LogP contribution is 2.29. The summed E-state index contributed by atoms with van der Waals surface area (Å²) in [5.74, 6) is 0. The van der Waals surface area contributed by atoms with Crippen LogP contribution in [0.4, 0.5) is 0 Å². The summed E-state index contributed by atoms with van der Waals surface area (Å²) in [6, 6.07) is 0.621. The van der Waals surface area contributed by atoms with E-state index in [0.29, 0.717) is 12.6 Å². The van der Waals surface area contributed by atoms with Crippen molar-refractivity contribution in [3.63, 3.8) is 0 Å². The molecule has 18 heavy (non-hydrogen) atoms. The van der Waals surface area contributed by atoms with Crippen LogP contribution in [0.5, 0.6) is 0 Å². The first-order valence-electron chi connectivity index (χ1n) is 6.77. The van der Waals surface area contributed by atoms with Gasteiger partial charge >= 0.3 is 0 Å². The van der Waals surface area contributed by atoms with Gasteiger partial charge in [-0.1, -0.05) is 6.92 Å². The Morgan fingerprint density at radius 3 is 2.89 bits per heavy atom. The van der Waals surface area contributed by atoms with Crippen LogP contribution in [0.2, 0.25) is 0 Å². The summed E-state index contributed by atoms with van der Waals surface area (Å²) >= 11 is 0. The molecule has 2 atom stereocenters. The van der Waals surface area contributed by atoms with Gasteiger partial charge in [-0.3, -0.25) is 9.58 Å². The van der Waals surface area contributed by atoms with Crippen molar-refractivity contribution in [2.24, 2.45) is 5.73 Å². The second-order valence-corrected chi connectivity index (χ2v) is 5.07. The standard InChI is InChI=1S/C13H24N4O/c1-4-16-5-6-18-12(7-14)13(16)11-8-15-17(9-11)10(2)3/h8-10,12-13H,4-7,14H2,1-3H3. The van der Waals surface area contributed by atoms with Crippen LogP contribution in [0.25, 0.3) is 0 Å². The molecule has 2 heterocycles. The highest BCUT2D eigenvalue weighted by molar-refractivity contribution is 5.14. The molecule has 1 aromatic heterocycles. The molecule has 2 unspecified atom stereocenters. The minimum absolute atomic E-state index is 0.0727. The maximum Gasteiger partial charge on any atom is 0.0895 e. The molecule has 0 spiro atoms. The molecular weight excluding hydrogens is 228 g/mol. The van der Waals surface area contributed by atoms with Gasteiger partial charge in [0.15, 0.2) is 0 Å². The number of aromatic nitrogens is 2. The van der Waals surface area contributed by atoms with Crippen molar-refractivity contribution in [2.45, 2.75) is 39.0 Å². The van der Waals surface area contributed by atoms with Crippen molar-refractivity contribution < 1.29 is 4.74 Å². The van der Waals surface area contributed by atoms with E-state index in [1.807, 2.05) is 10.9 Å². The van der Waals surface area contributed by atoms with E-state index in [2.05, 4.69) is 37.0 Å². The first kappa shape index (κ1) is 13.5. The van der Waals surface area contributed by atoms with E-state index in [-0.39, 0.29) is 12.1 Å². The van der Waals surface area contributed by atoms with Gasteiger partial charge in [0.2, 0.25) is 0 Å². The lowest BCUT2D eigenvalue weighted by atomic mass is 10.0. The number of nitrogens with two attached hydrogens (primary N) is 1. The third-order valence-corrected chi connectivity index (χ3v) is 3.59. The van der Waals surface area contributed by atoms with Gasteiger partial charge < -0.3 is 10.5 Å². The summed E-state index contributed by atoms with van der Waals surface area (Å²) in [6.45, 7) is 9.73. The quantitative estimate of drug-likeness (QED) is 0.874. The second kappa shape index (κ2) is 5.82. The van der Waals surface area contributed by atoms with Gasteiger partial charge in [0, 0.05) is 30.9 Å². The fourth-order valence-corrected chi connectivity index (χ4v) is 2.55. The maximum absolute atomic E-state index is 5.84. The predicted molar refractivity (Wildman–Crippen MR) is 71.4 cm³/mol. The summed E-state index contributed by atoms with van der Waals surface area (Å²) in [4.78, 5) is 2.42. The monoisotopic (exact) mass is 252 g/mol. The van der Waals surface area contributed by atoms with Crippen LogP contribution in [0.3, 0.4) is 0 Å². The Labute approximate surface area is 109 Å². The fraction of sp³-hybridized carbons (Fsp3) is 0.769. The van der Waals surface area contributed by atoms with Gasteiger partial charge in [-0.25, -0.2) is 0 Å². The molecular formula is C13H24N4O. The number of nitrogens with zero attached hydrogens (tertiary/aromatic N) is 3. The van der Waals surface area contributed by atoms with Crippen LogP contribution in [-0.2, 0) is 4.74 Å². The Hall–Kier alpha value is -0.910. The highest BCUT2D eigenvalue weighted by Gasteiger charge is 2.32. The van der Waals surface area contributed by atoms with Gasteiger partial charge in [0.05, 0.1) is 24.9 Å². The van der Waals surface area contributed by atoms with Gasteiger partial charge in [0.25, 0.3) is 0 Å². The Morgan fingerprint density at radius 1 is 1.56 bits per heavy atom. The van der Waals surface area contributed by atoms with E-state index in [1.54, 1.807) is 0 Å². The molecule has 0 bridgehead atoms. The molecule has 102 valence electrons. The highest BCUT2D eigenvalue weighted by atomic mass is 16.5. The molecule has 0 amide bonds. The average molecular weight is 252 g/mol. The Balaban J connectivity index is 2.24. The van der Waals surface area contributed by atoms with Crippen molar-refractivity contribution in [3.8, 4) is 0 Å². The molecule has 2 rings (SSSR count). The van der Waals surface area contributed by atoms with Crippen LogP contribution >= 0.6 is 0 Å². The zero-order valence-electron chi connectivity index (χ0n) is 11.5. The molecule has 0 saturated carbocycles. The molecule has 1 aliphatic rings. The summed E-state index contributed by atoms with van der Waals surface area (Å²) in [6.07, 6.45) is 4.14. The molecule has 0 aliphatic carbocycles. The second-order valence-electron chi connectivity index (χ2n) is 5.07. The molecule has 0 aromatic carbocycles. The first-order chi connectivity index (χ1) is 8.67. The lowest BCUT2D eigenvalue weighted by molar-refractivity contribution is -0.0658. The largest absolute Gasteiger partial charge is 0.374 e. The number of hydrogen-bond donors (Lipinski definition) is 1. The molecule has 5 nitrogen and oxygen atoms in total. The fourth-order valence-electron chi connectivity index (χ4n) is 2.55. The number of rotatable bonds is 4. The normalized spacial score (nSPS) is 25.8. The summed E-state index contributed by atoms with van der Waals surface area (Å²) in [5.41, 5.74) is 7.04. The van der Waals surface area contributed by atoms with Gasteiger partial charge in [0.1, 0.15) is 0 Å². The first-order valence-corrected chi connectivity index (χ1v) is 6.77. The molecule has 5 heteroatoms. The van der Waals surface area contributed by atoms with E-state index in [9.17, 15) is 0 Å². The predicted octanol–water partition coefficient (Wildman–Crippen LogP) is 1.18. The summed E-state index contributed by atoms with van der Waals surface area (Å²) < 4.78 is 7.78. The molecule has 1 fully saturated rings. The van der Waals surface area contributed by atoms with E-state index >= 15 is 0 Å². The lowest BCUT2D eigenvalue weighted by Gasteiger charge is -2.39. The zero-order valence-corrected chi connectivity index (χ0v) is 11.5. The van der Waals surface area contributed by atoms with Gasteiger partial charge in [-0.2, -0.15) is 5.10 Å². The van der Waals surface area contributed by atoms with Gasteiger partial charge in [-0.05, 0) is 20.4 Å². The van der Waals surface area contributed by atoms with Crippen LogP contribution in [0.1, 0.15) is 38.4 Å².